The van der Waals surface area contributed by atoms with Crippen molar-refractivity contribution in [3.8, 4) is 6.07 Å². The molecule has 3 N–H and O–H groups in total. The van der Waals surface area contributed by atoms with Gasteiger partial charge in [0.15, 0.2) is 0 Å². The quantitative estimate of drug-likeness (QED) is 0.475. The van der Waals surface area contributed by atoms with Crippen LogP contribution in [-0.4, -0.2) is 29.7 Å². The van der Waals surface area contributed by atoms with Gasteiger partial charge < -0.3 is 15.8 Å². The smallest absolute Gasteiger partial charge is 0.315 e. The normalized spacial score (nSPS) is 9.65. The van der Waals surface area contributed by atoms with Crippen molar-refractivity contribution in [2.24, 2.45) is 0 Å². The first-order valence-corrected chi connectivity index (χ1v) is 6.94. The van der Waals surface area contributed by atoms with Crippen molar-refractivity contribution in [3.63, 3.8) is 0 Å². The van der Waals surface area contributed by atoms with E-state index in [0.29, 0.717) is 5.03 Å². The van der Waals surface area contributed by atoms with Crippen molar-refractivity contribution in [2.75, 3.05) is 23.9 Å². The summed E-state index contributed by atoms with van der Waals surface area (Å²) >= 11 is 1.24. The number of nitriles is 1. The van der Waals surface area contributed by atoms with Crippen LogP contribution in [0.3, 0.4) is 0 Å². The van der Waals surface area contributed by atoms with E-state index in [-0.39, 0.29) is 23.7 Å². The second kappa shape index (κ2) is 7.35. The Labute approximate surface area is 120 Å². The second-order valence-electron chi connectivity index (χ2n) is 3.62. The molecule has 0 saturated carbocycles. The van der Waals surface area contributed by atoms with Gasteiger partial charge in [-0.25, -0.2) is 4.98 Å². The van der Waals surface area contributed by atoms with Crippen LogP contribution in [-0.2, 0) is 14.3 Å². The van der Waals surface area contributed by atoms with Crippen LogP contribution in [0.25, 0.3) is 0 Å². The summed E-state index contributed by atoms with van der Waals surface area (Å²) in [5.74, 6) is -0.969. The average Bonchev–Trinajstić information content (AvgIpc) is 2.37. The number of ether oxygens (including phenoxy) is 1. The number of thioether (sulfide) groups is 1. The fourth-order valence-electron chi connectivity index (χ4n) is 1.39. The number of amides is 1. The molecule has 1 aromatic heterocycles. The number of hydrogen-bond donors (Lipinski definition) is 2. The molecule has 0 aliphatic rings. The largest absolute Gasteiger partial charge is 0.466 e. The van der Waals surface area contributed by atoms with Gasteiger partial charge in [0.25, 0.3) is 0 Å². The molecule has 0 radical (unpaired) electrons. The number of aromatic nitrogens is 1. The number of rotatable bonds is 5. The molecule has 8 heteroatoms. The van der Waals surface area contributed by atoms with E-state index in [1.165, 1.54) is 17.8 Å². The first kappa shape index (κ1) is 15.8. The molecular formula is C12H14N4O3S. The second-order valence-corrected chi connectivity index (χ2v) is 4.42. The van der Waals surface area contributed by atoms with Gasteiger partial charge in [0, 0.05) is 6.07 Å². The molecule has 106 valence electrons. The molecule has 0 aromatic carbocycles. The molecular weight excluding hydrogens is 280 g/mol. The first-order valence-electron chi connectivity index (χ1n) is 5.71. The molecule has 0 atom stereocenters. The van der Waals surface area contributed by atoms with Gasteiger partial charge >= 0.3 is 5.97 Å². The van der Waals surface area contributed by atoms with Gasteiger partial charge in [-0.3, -0.25) is 9.59 Å². The van der Waals surface area contributed by atoms with Gasteiger partial charge in [-0.05, 0) is 13.2 Å². The van der Waals surface area contributed by atoms with Crippen molar-refractivity contribution < 1.29 is 14.3 Å². The zero-order valence-electron chi connectivity index (χ0n) is 11.1. The van der Waals surface area contributed by atoms with Crippen LogP contribution >= 0.6 is 11.8 Å². The van der Waals surface area contributed by atoms with E-state index in [2.05, 4.69) is 15.0 Å². The minimum absolute atomic E-state index is 0.195. The van der Waals surface area contributed by atoms with Crippen LogP contribution < -0.4 is 11.1 Å². The van der Waals surface area contributed by atoms with Gasteiger partial charge in [0.2, 0.25) is 5.91 Å². The van der Waals surface area contributed by atoms with Gasteiger partial charge in [0.05, 0.1) is 12.3 Å². The highest BCUT2D eigenvalue weighted by atomic mass is 32.2. The fraction of sp³-hybridized carbons (Fsp3) is 0.333. The number of carbonyl (C=O) groups is 2. The summed E-state index contributed by atoms with van der Waals surface area (Å²) in [5, 5.41) is 11.8. The van der Waals surface area contributed by atoms with Crippen LogP contribution in [0.15, 0.2) is 11.1 Å². The van der Waals surface area contributed by atoms with Crippen LogP contribution in [0.4, 0.5) is 11.5 Å². The molecule has 7 nitrogen and oxygen atoms in total. The number of hydrogen-bond acceptors (Lipinski definition) is 7. The van der Waals surface area contributed by atoms with Crippen molar-refractivity contribution in [1.82, 2.24) is 4.98 Å². The lowest BCUT2D eigenvalue weighted by Crippen LogP contribution is -2.19. The molecule has 1 aromatic rings. The Morgan fingerprint density at radius 3 is 2.85 bits per heavy atom. The van der Waals surface area contributed by atoms with E-state index in [1.54, 1.807) is 13.2 Å². The van der Waals surface area contributed by atoms with Crippen LogP contribution in [0.5, 0.6) is 0 Å². The third-order valence-electron chi connectivity index (χ3n) is 2.20. The van der Waals surface area contributed by atoms with E-state index in [4.69, 9.17) is 11.0 Å². The Kier molecular flexibility index (Phi) is 5.80. The lowest BCUT2D eigenvalue weighted by atomic mass is 10.2. The third kappa shape index (κ3) is 4.13. The molecule has 0 fully saturated rings. The van der Waals surface area contributed by atoms with Crippen LogP contribution in [0, 0.1) is 11.3 Å². The predicted octanol–water partition coefficient (Wildman–Crippen LogP) is 1.15. The third-order valence-corrected chi connectivity index (χ3v) is 2.88. The minimum atomic E-state index is -0.614. The summed E-state index contributed by atoms with van der Waals surface area (Å²) in [6, 6.07) is 3.33. The lowest BCUT2D eigenvalue weighted by Gasteiger charge is -2.08. The molecule has 0 aliphatic heterocycles. The molecule has 1 rings (SSSR count). The molecule has 0 bridgehead atoms. The monoisotopic (exact) mass is 294 g/mol. The van der Waals surface area contributed by atoms with Gasteiger partial charge in [-0.1, -0.05) is 0 Å². The minimum Gasteiger partial charge on any atom is -0.466 e. The topological polar surface area (TPSA) is 118 Å². The number of nitrogen functional groups attached to an aromatic ring is 1. The molecule has 20 heavy (non-hydrogen) atoms. The fourth-order valence-corrected chi connectivity index (χ4v) is 1.95. The Balaban J connectivity index is 2.84. The number of nitrogens with one attached hydrogen (secondary N) is 1. The Morgan fingerprint density at radius 1 is 1.60 bits per heavy atom. The maximum Gasteiger partial charge on any atom is 0.315 e. The SMILES string of the molecule is CCOC(=O)CC(=O)Nc1cc(N)c(C#N)c(SC)n1. The summed E-state index contributed by atoms with van der Waals surface area (Å²) in [4.78, 5) is 26.8. The highest BCUT2D eigenvalue weighted by molar-refractivity contribution is 7.98. The van der Waals surface area contributed by atoms with Crippen molar-refractivity contribution in [1.29, 1.82) is 5.26 Å². The number of nitrogens with two attached hydrogens (primary N) is 1. The summed E-state index contributed by atoms with van der Waals surface area (Å²) < 4.78 is 4.66. The van der Waals surface area contributed by atoms with Gasteiger partial charge in [-0.15, -0.1) is 11.8 Å². The molecule has 0 aliphatic carbocycles. The molecule has 0 saturated heterocycles. The van der Waals surface area contributed by atoms with E-state index in [0.717, 1.165) is 0 Å². The number of nitrogens with zero attached hydrogens (tertiary/aromatic N) is 2. The number of anilines is 2. The number of pyridine rings is 1. The predicted molar refractivity (Wildman–Crippen MR) is 75.0 cm³/mol. The van der Waals surface area contributed by atoms with E-state index in [1.807, 2.05) is 6.07 Å². The van der Waals surface area contributed by atoms with E-state index >= 15 is 0 Å². The van der Waals surface area contributed by atoms with Crippen LogP contribution in [0.2, 0.25) is 0 Å². The Morgan fingerprint density at radius 2 is 2.30 bits per heavy atom. The molecule has 0 spiro atoms. The maximum absolute atomic E-state index is 11.6. The lowest BCUT2D eigenvalue weighted by molar-refractivity contribution is -0.145. The average molecular weight is 294 g/mol. The summed E-state index contributed by atoms with van der Waals surface area (Å²) in [6.07, 6.45) is 1.34. The Bertz CT molecular complexity index is 569. The summed E-state index contributed by atoms with van der Waals surface area (Å²) in [6.45, 7) is 1.87. The highest BCUT2D eigenvalue weighted by Crippen LogP contribution is 2.25. The van der Waals surface area contributed by atoms with Crippen LogP contribution in [0.1, 0.15) is 18.9 Å². The number of carbonyl (C=O) groups excluding carboxylic acids is 2. The van der Waals surface area contributed by atoms with E-state index < -0.39 is 18.3 Å². The summed E-state index contributed by atoms with van der Waals surface area (Å²) in [7, 11) is 0. The van der Waals surface area contributed by atoms with Crippen molar-refractivity contribution >= 4 is 35.1 Å². The summed E-state index contributed by atoms with van der Waals surface area (Å²) in [5.41, 5.74) is 6.20. The zero-order chi connectivity index (χ0) is 15.1. The zero-order valence-corrected chi connectivity index (χ0v) is 11.9. The molecule has 1 heterocycles. The Hall–Kier alpha value is -2.27. The van der Waals surface area contributed by atoms with Crippen molar-refractivity contribution in [3.05, 3.63) is 11.6 Å². The molecule has 0 unspecified atom stereocenters. The first-order chi connectivity index (χ1) is 9.51. The number of esters is 1. The van der Waals surface area contributed by atoms with Crippen molar-refractivity contribution in [2.45, 2.75) is 18.4 Å². The van der Waals surface area contributed by atoms with Gasteiger partial charge in [0.1, 0.15) is 28.9 Å². The van der Waals surface area contributed by atoms with E-state index in [9.17, 15) is 9.59 Å². The maximum atomic E-state index is 11.6. The van der Waals surface area contributed by atoms with Gasteiger partial charge in [-0.2, -0.15) is 5.26 Å². The standard InChI is InChI=1S/C12H14N4O3S/c1-3-19-11(18)5-10(17)15-9-4-8(14)7(6-13)12(16-9)20-2/h4H,3,5H2,1-2H3,(H3,14,15,16,17). The highest BCUT2D eigenvalue weighted by Gasteiger charge is 2.14. The molecule has 1 amide bonds.